The molecule has 29 heavy (non-hydrogen) atoms. The Hall–Kier alpha value is -2.53. The van der Waals surface area contributed by atoms with Crippen LogP contribution in [0.25, 0.3) is 6.08 Å². The van der Waals surface area contributed by atoms with Crippen molar-refractivity contribution in [3.8, 4) is 0 Å². The van der Waals surface area contributed by atoms with Crippen molar-refractivity contribution in [2.45, 2.75) is 25.7 Å². The highest BCUT2D eigenvalue weighted by atomic mass is 79.9. The molecule has 0 fully saturated rings. The molecule has 0 amide bonds. The van der Waals surface area contributed by atoms with Gasteiger partial charge in [0.1, 0.15) is 5.70 Å². The van der Waals surface area contributed by atoms with Crippen LogP contribution >= 0.6 is 15.9 Å². The van der Waals surface area contributed by atoms with E-state index in [4.69, 9.17) is 0 Å². The Labute approximate surface area is 177 Å². The van der Waals surface area contributed by atoms with Crippen LogP contribution in [0.5, 0.6) is 0 Å². The molecule has 0 bridgehead atoms. The molecule has 1 atom stereocenters. The molecule has 3 rings (SSSR count). The smallest absolute Gasteiger partial charge is 0.356 e. The van der Waals surface area contributed by atoms with E-state index in [1.54, 1.807) is 31.2 Å². The molecular weight excluding hydrogens is 439 g/mol. The van der Waals surface area contributed by atoms with E-state index in [-0.39, 0.29) is 6.54 Å². The molecule has 5 heteroatoms. The maximum atomic E-state index is 14.2. The number of halogens is 4. The van der Waals surface area contributed by atoms with Gasteiger partial charge in [0.15, 0.2) is 0 Å². The minimum absolute atomic E-state index is 0.152. The van der Waals surface area contributed by atoms with Crippen LogP contribution in [0.15, 0.2) is 95.1 Å². The number of nitrogens with zero attached hydrogens (tertiary/aromatic N) is 1. The van der Waals surface area contributed by atoms with Gasteiger partial charge in [0, 0.05) is 11.0 Å². The van der Waals surface area contributed by atoms with Crippen molar-refractivity contribution in [2.24, 2.45) is 0 Å². The van der Waals surface area contributed by atoms with Gasteiger partial charge in [-0.05, 0) is 41.8 Å². The first kappa shape index (κ1) is 21.2. The van der Waals surface area contributed by atoms with Crippen LogP contribution in [0.2, 0.25) is 0 Å². The Bertz CT molecular complexity index is 935. The SMILES string of the molecule is CC(c1ccccc1)N(Cc1ccccc1)/C(=C\c1ccc(Br)cc1)C(F)(F)F. The molecule has 0 N–H and O–H groups in total. The van der Waals surface area contributed by atoms with E-state index in [0.29, 0.717) is 5.56 Å². The van der Waals surface area contributed by atoms with Gasteiger partial charge in [0.25, 0.3) is 0 Å². The van der Waals surface area contributed by atoms with Crippen molar-refractivity contribution in [1.29, 1.82) is 0 Å². The molecule has 0 saturated carbocycles. The lowest BCUT2D eigenvalue weighted by molar-refractivity contribution is -0.114. The highest BCUT2D eigenvalue weighted by Crippen LogP contribution is 2.37. The number of allylic oxidation sites excluding steroid dienone is 1. The molecule has 0 aliphatic rings. The third kappa shape index (κ3) is 5.73. The number of benzene rings is 3. The second-order valence-electron chi connectivity index (χ2n) is 6.78. The minimum Gasteiger partial charge on any atom is -0.356 e. The summed E-state index contributed by atoms with van der Waals surface area (Å²) in [7, 11) is 0. The van der Waals surface area contributed by atoms with Crippen molar-refractivity contribution in [1.82, 2.24) is 4.90 Å². The van der Waals surface area contributed by atoms with Crippen LogP contribution in [-0.2, 0) is 6.54 Å². The Balaban J connectivity index is 2.08. The molecule has 0 saturated heterocycles. The third-order valence-corrected chi connectivity index (χ3v) is 5.25. The van der Waals surface area contributed by atoms with Gasteiger partial charge in [-0.15, -0.1) is 0 Å². The lowest BCUT2D eigenvalue weighted by atomic mass is 10.0. The van der Waals surface area contributed by atoms with Gasteiger partial charge in [-0.25, -0.2) is 0 Å². The molecular formula is C24H21BrF3N. The van der Waals surface area contributed by atoms with E-state index in [9.17, 15) is 13.2 Å². The zero-order valence-corrected chi connectivity index (χ0v) is 17.5. The summed E-state index contributed by atoms with van der Waals surface area (Å²) >= 11 is 3.32. The second kappa shape index (κ2) is 9.31. The molecule has 0 aromatic heterocycles. The van der Waals surface area contributed by atoms with Crippen molar-refractivity contribution >= 4 is 22.0 Å². The first-order valence-electron chi connectivity index (χ1n) is 9.24. The first-order valence-corrected chi connectivity index (χ1v) is 10.0. The number of rotatable bonds is 6. The Kier molecular flexibility index (Phi) is 6.80. The minimum atomic E-state index is -4.50. The van der Waals surface area contributed by atoms with Crippen molar-refractivity contribution in [3.63, 3.8) is 0 Å². The molecule has 1 unspecified atom stereocenters. The maximum Gasteiger partial charge on any atom is 0.431 e. The fourth-order valence-corrected chi connectivity index (χ4v) is 3.43. The summed E-state index contributed by atoms with van der Waals surface area (Å²) in [6.07, 6.45) is -3.28. The first-order chi connectivity index (χ1) is 13.8. The number of alkyl halides is 3. The molecule has 150 valence electrons. The summed E-state index contributed by atoms with van der Waals surface area (Å²) < 4.78 is 43.4. The molecule has 0 aliphatic heterocycles. The van der Waals surface area contributed by atoms with E-state index in [0.717, 1.165) is 15.6 Å². The third-order valence-electron chi connectivity index (χ3n) is 4.72. The largest absolute Gasteiger partial charge is 0.431 e. The summed E-state index contributed by atoms with van der Waals surface area (Å²) in [6.45, 7) is 1.96. The van der Waals surface area contributed by atoms with Gasteiger partial charge in [-0.2, -0.15) is 13.2 Å². The molecule has 0 spiro atoms. The predicted molar refractivity (Wildman–Crippen MR) is 115 cm³/mol. The summed E-state index contributed by atoms with van der Waals surface area (Å²) in [5.41, 5.74) is 1.48. The highest BCUT2D eigenvalue weighted by Gasteiger charge is 2.39. The van der Waals surface area contributed by atoms with Gasteiger partial charge in [0.05, 0.1) is 6.04 Å². The van der Waals surface area contributed by atoms with Crippen molar-refractivity contribution in [2.75, 3.05) is 0 Å². The average Bonchev–Trinajstić information content (AvgIpc) is 2.72. The van der Waals surface area contributed by atoms with E-state index in [1.165, 1.54) is 11.0 Å². The monoisotopic (exact) mass is 459 g/mol. The summed E-state index contributed by atoms with van der Waals surface area (Å²) in [6, 6.07) is 24.9. The zero-order valence-electron chi connectivity index (χ0n) is 15.9. The second-order valence-corrected chi connectivity index (χ2v) is 7.69. The predicted octanol–water partition coefficient (Wildman–Crippen LogP) is 7.62. The Morgan fingerprint density at radius 2 is 1.45 bits per heavy atom. The summed E-state index contributed by atoms with van der Waals surface area (Å²) in [5.74, 6) is 0. The summed E-state index contributed by atoms with van der Waals surface area (Å²) in [4.78, 5) is 1.42. The van der Waals surface area contributed by atoms with E-state index < -0.39 is 17.9 Å². The van der Waals surface area contributed by atoms with Crippen LogP contribution in [0.3, 0.4) is 0 Å². The van der Waals surface area contributed by atoms with E-state index in [2.05, 4.69) is 15.9 Å². The standard InChI is InChI=1S/C24H21BrF3N/c1-18(21-10-6-3-7-11-21)29(17-20-8-4-2-5-9-20)23(24(26,27)28)16-19-12-14-22(25)15-13-19/h2-16,18H,17H2,1H3/b23-16-. The quantitative estimate of drug-likeness (QED) is 0.366. The molecule has 1 nitrogen and oxygen atoms in total. The van der Waals surface area contributed by atoms with Crippen LogP contribution in [-0.4, -0.2) is 11.1 Å². The van der Waals surface area contributed by atoms with E-state index >= 15 is 0 Å². The van der Waals surface area contributed by atoms with Crippen LogP contribution in [0.4, 0.5) is 13.2 Å². The van der Waals surface area contributed by atoms with Gasteiger partial charge < -0.3 is 4.90 Å². The normalized spacial score (nSPS) is 13.2. The summed E-state index contributed by atoms with van der Waals surface area (Å²) in [5, 5.41) is 0. The lowest BCUT2D eigenvalue weighted by Crippen LogP contribution is -2.33. The van der Waals surface area contributed by atoms with Crippen LogP contribution < -0.4 is 0 Å². The molecule has 0 aliphatic carbocycles. The van der Waals surface area contributed by atoms with Crippen molar-refractivity contribution < 1.29 is 13.2 Å². The van der Waals surface area contributed by atoms with Crippen LogP contribution in [0.1, 0.15) is 29.7 Å². The topological polar surface area (TPSA) is 3.24 Å². The molecule has 0 heterocycles. The Morgan fingerprint density at radius 3 is 2.00 bits per heavy atom. The average molecular weight is 460 g/mol. The highest BCUT2D eigenvalue weighted by molar-refractivity contribution is 9.10. The maximum absolute atomic E-state index is 14.2. The number of hydrogen-bond donors (Lipinski definition) is 0. The van der Waals surface area contributed by atoms with Gasteiger partial charge in [-0.1, -0.05) is 88.7 Å². The van der Waals surface area contributed by atoms with Crippen LogP contribution in [0, 0.1) is 0 Å². The van der Waals surface area contributed by atoms with Gasteiger partial charge in [0.2, 0.25) is 0 Å². The molecule has 3 aromatic carbocycles. The van der Waals surface area contributed by atoms with Gasteiger partial charge in [-0.3, -0.25) is 0 Å². The fourth-order valence-electron chi connectivity index (χ4n) is 3.17. The fraction of sp³-hybridized carbons (Fsp3) is 0.167. The lowest BCUT2D eigenvalue weighted by Gasteiger charge is -2.35. The molecule has 3 aromatic rings. The Morgan fingerprint density at radius 1 is 0.897 bits per heavy atom. The van der Waals surface area contributed by atoms with Crippen molar-refractivity contribution in [3.05, 3.63) is 112 Å². The van der Waals surface area contributed by atoms with Gasteiger partial charge >= 0.3 is 6.18 Å². The zero-order chi connectivity index (χ0) is 20.9. The number of hydrogen-bond acceptors (Lipinski definition) is 1. The molecule has 0 radical (unpaired) electrons. The van der Waals surface area contributed by atoms with E-state index in [1.807, 2.05) is 60.7 Å².